The van der Waals surface area contributed by atoms with Gasteiger partial charge in [-0.2, -0.15) is 0 Å². The zero-order valence-electron chi connectivity index (χ0n) is 15.4. The highest BCUT2D eigenvalue weighted by atomic mass is 16.2. The van der Waals surface area contributed by atoms with Crippen molar-refractivity contribution in [2.45, 2.75) is 45.8 Å². The highest BCUT2D eigenvalue weighted by Gasteiger charge is 2.27. The summed E-state index contributed by atoms with van der Waals surface area (Å²) in [6.45, 7) is 9.96. The van der Waals surface area contributed by atoms with Gasteiger partial charge in [-0.3, -0.25) is 9.69 Å². The van der Waals surface area contributed by atoms with Gasteiger partial charge in [0.2, 0.25) is 0 Å². The van der Waals surface area contributed by atoms with E-state index in [4.69, 9.17) is 0 Å². The molecule has 1 amide bonds. The number of benzene rings is 1. The normalized spacial score (nSPS) is 19.2. The van der Waals surface area contributed by atoms with Crippen LogP contribution in [-0.2, 0) is 6.54 Å². The molecule has 1 saturated heterocycles. The largest absolute Gasteiger partial charge is 0.334 e. The predicted molar refractivity (Wildman–Crippen MR) is 99.4 cm³/mol. The van der Waals surface area contributed by atoms with Crippen LogP contribution < -0.4 is 0 Å². The number of nitrogens with zero attached hydrogens (tertiary/aromatic N) is 4. The minimum atomic E-state index is 0.0495. The highest BCUT2D eigenvalue weighted by Crippen LogP contribution is 2.16. The number of amides is 1. The summed E-state index contributed by atoms with van der Waals surface area (Å²) in [4.78, 5) is 21.6. The van der Waals surface area contributed by atoms with Gasteiger partial charge in [-0.25, -0.2) is 4.98 Å². The van der Waals surface area contributed by atoms with Crippen molar-refractivity contribution < 1.29 is 4.79 Å². The Morgan fingerprint density at radius 2 is 2.00 bits per heavy atom. The van der Waals surface area contributed by atoms with E-state index in [9.17, 15) is 4.79 Å². The van der Waals surface area contributed by atoms with Gasteiger partial charge in [0.1, 0.15) is 5.69 Å². The van der Waals surface area contributed by atoms with E-state index in [0.29, 0.717) is 11.7 Å². The minimum Gasteiger partial charge on any atom is -0.334 e. The van der Waals surface area contributed by atoms with Crippen LogP contribution in [0.15, 0.2) is 42.9 Å². The molecule has 25 heavy (non-hydrogen) atoms. The van der Waals surface area contributed by atoms with Crippen LogP contribution >= 0.6 is 0 Å². The molecule has 0 unspecified atom stereocenters. The van der Waals surface area contributed by atoms with Crippen molar-refractivity contribution in [3.8, 4) is 0 Å². The molecule has 2 heterocycles. The molecule has 0 aliphatic carbocycles. The molecular formula is C20H28N4O. The first-order chi connectivity index (χ1) is 12.0. The summed E-state index contributed by atoms with van der Waals surface area (Å²) >= 11 is 0. The predicted octanol–water partition coefficient (Wildman–Crippen LogP) is 3.20. The van der Waals surface area contributed by atoms with Crippen molar-refractivity contribution in [1.29, 1.82) is 0 Å². The molecule has 0 bridgehead atoms. The third-order valence-electron chi connectivity index (χ3n) is 4.85. The fourth-order valence-electron chi connectivity index (χ4n) is 3.41. The smallest absolute Gasteiger partial charge is 0.274 e. The average molecular weight is 340 g/mol. The summed E-state index contributed by atoms with van der Waals surface area (Å²) in [6, 6.07) is 11.0. The summed E-state index contributed by atoms with van der Waals surface area (Å²) in [7, 11) is 0. The average Bonchev–Trinajstić information content (AvgIpc) is 3.02. The Kier molecular flexibility index (Phi) is 5.53. The van der Waals surface area contributed by atoms with Gasteiger partial charge in [-0.1, -0.05) is 30.3 Å². The Balaban J connectivity index is 1.66. The summed E-state index contributed by atoms with van der Waals surface area (Å²) in [5, 5.41) is 0. The number of carbonyl (C=O) groups excluding carboxylic acids is 1. The lowest BCUT2D eigenvalue weighted by molar-refractivity contribution is 0.0686. The molecule has 0 N–H and O–H groups in total. The van der Waals surface area contributed by atoms with Crippen molar-refractivity contribution in [2.75, 3.05) is 19.6 Å². The molecule has 5 nitrogen and oxygen atoms in total. The van der Waals surface area contributed by atoms with Crippen LogP contribution in [-0.4, -0.2) is 50.9 Å². The third kappa shape index (κ3) is 4.28. The Morgan fingerprint density at radius 3 is 2.68 bits per heavy atom. The molecule has 5 heteroatoms. The van der Waals surface area contributed by atoms with Gasteiger partial charge in [0.15, 0.2) is 0 Å². The topological polar surface area (TPSA) is 41.4 Å². The molecule has 1 atom stereocenters. The van der Waals surface area contributed by atoms with Crippen LogP contribution in [0.25, 0.3) is 0 Å². The number of hydrogen-bond acceptors (Lipinski definition) is 3. The van der Waals surface area contributed by atoms with E-state index in [2.05, 4.69) is 54.9 Å². The van der Waals surface area contributed by atoms with Crippen LogP contribution in [0.5, 0.6) is 0 Å². The molecule has 1 aliphatic heterocycles. The standard InChI is InChI=1S/C20H28N4O/c1-16(2)23-14-19(21-15-23)20(25)24-11-7-10-22(12-17(24)3)13-18-8-5-4-6-9-18/h4-6,8-9,14-17H,7,10-13H2,1-3H3/t17-/m1/s1. The first-order valence-electron chi connectivity index (χ1n) is 9.15. The summed E-state index contributed by atoms with van der Waals surface area (Å²) in [6.07, 6.45) is 4.61. The van der Waals surface area contributed by atoms with Gasteiger partial charge in [-0.05, 0) is 32.8 Å². The van der Waals surface area contributed by atoms with Crippen molar-refractivity contribution in [3.05, 3.63) is 54.1 Å². The van der Waals surface area contributed by atoms with Crippen LogP contribution in [0, 0.1) is 0 Å². The van der Waals surface area contributed by atoms with Crippen molar-refractivity contribution in [2.24, 2.45) is 0 Å². The molecule has 2 aromatic rings. The lowest BCUT2D eigenvalue weighted by Gasteiger charge is -2.28. The minimum absolute atomic E-state index is 0.0495. The zero-order valence-corrected chi connectivity index (χ0v) is 15.4. The van der Waals surface area contributed by atoms with Gasteiger partial charge in [0.05, 0.1) is 6.33 Å². The van der Waals surface area contributed by atoms with E-state index < -0.39 is 0 Å². The van der Waals surface area contributed by atoms with E-state index in [1.165, 1.54) is 5.56 Å². The van der Waals surface area contributed by atoms with Crippen LogP contribution in [0.1, 0.15) is 49.3 Å². The fourth-order valence-corrected chi connectivity index (χ4v) is 3.41. The van der Waals surface area contributed by atoms with Crippen molar-refractivity contribution >= 4 is 5.91 Å². The lowest BCUT2D eigenvalue weighted by atomic mass is 10.2. The Labute approximate surface area is 150 Å². The Morgan fingerprint density at radius 1 is 1.24 bits per heavy atom. The van der Waals surface area contributed by atoms with Gasteiger partial charge in [-0.15, -0.1) is 0 Å². The maximum atomic E-state index is 12.9. The highest BCUT2D eigenvalue weighted by molar-refractivity contribution is 5.92. The summed E-state index contributed by atoms with van der Waals surface area (Å²) in [5.41, 5.74) is 1.88. The summed E-state index contributed by atoms with van der Waals surface area (Å²) in [5.74, 6) is 0.0495. The molecule has 1 aromatic heterocycles. The van der Waals surface area contributed by atoms with Crippen LogP contribution in [0.3, 0.4) is 0 Å². The number of aromatic nitrogens is 2. The molecule has 0 spiro atoms. The number of imidazole rings is 1. The molecule has 1 aliphatic rings. The Bertz CT molecular complexity index is 695. The van der Waals surface area contributed by atoms with Crippen molar-refractivity contribution in [3.63, 3.8) is 0 Å². The van der Waals surface area contributed by atoms with Gasteiger partial charge >= 0.3 is 0 Å². The van der Waals surface area contributed by atoms with E-state index >= 15 is 0 Å². The van der Waals surface area contributed by atoms with E-state index in [-0.39, 0.29) is 11.9 Å². The Hall–Kier alpha value is -2.14. The molecule has 134 valence electrons. The molecule has 0 radical (unpaired) electrons. The first kappa shape index (κ1) is 17.7. The third-order valence-corrected chi connectivity index (χ3v) is 4.85. The number of rotatable bonds is 4. The molecular weight excluding hydrogens is 312 g/mol. The monoisotopic (exact) mass is 340 g/mol. The first-order valence-corrected chi connectivity index (χ1v) is 9.15. The van der Waals surface area contributed by atoms with E-state index in [0.717, 1.165) is 32.6 Å². The van der Waals surface area contributed by atoms with Crippen LogP contribution in [0.4, 0.5) is 0 Å². The molecule has 3 rings (SSSR count). The van der Waals surface area contributed by atoms with Crippen LogP contribution in [0.2, 0.25) is 0 Å². The SMILES string of the molecule is CC(C)n1cnc(C(=O)N2CCCN(Cc3ccccc3)C[C@H]2C)c1. The molecule has 0 saturated carbocycles. The number of carbonyl (C=O) groups is 1. The van der Waals surface area contributed by atoms with Gasteiger partial charge in [0.25, 0.3) is 5.91 Å². The quantitative estimate of drug-likeness (QED) is 0.858. The van der Waals surface area contributed by atoms with E-state index in [1.807, 2.05) is 21.7 Å². The second kappa shape index (κ2) is 7.83. The fraction of sp³-hybridized carbons (Fsp3) is 0.500. The second-order valence-corrected chi connectivity index (χ2v) is 7.22. The van der Waals surface area contributed by atoms with Crippen molar-refractivity contribution in [1.82, 2.24) is 19.4 Å². The van der Waals surface area contributed by atoms with E-state index in [1.54, 1.807) is 6.33 Å². The number of hydrogen-bond donors (Lipinski definition) is 0. The maximum absolute atomic E-state index is 12.9. The molecule has 1 aromatic carbocycles. The zero-order chi connectivity index (χ0) is 17.8. The van der Waals surface area contributed by atoms with Gasteiger partial charge in [0, 0.05) is 44.5 Å². The molecule has 1 fully saturated rings. The summed E-state index contributed by atoms with van der Waals surface area (Å²) < 4.78 is 1.98. The lowest BCUT2D eigenvalue weighted by Crippen LogP contribution is -2.42. The maximum Gasteiger partial charge on any atom is 0.274 e. The second-order valence-electron chi connectivity index (χ2n) is 7.22. The van der Waals surface area contributed by atoms with Gasteiger partial charge < -0.3 is 9.47 Å².